The first-order chi connectivity index (χ1) is 46.4. The van der Waals surface area contributed by atoms with Crippen molar-refractivity contribution >= 4 is 41.0 Å². The lowest BCUT2D eigenvalue weighted by Gasteiger charge is -2.43. The van der Waals surface area contributed by atoms with Gasteiger partial charge in [0.25, 0.3) is 0 Å². The van der Waals surface area contributed by atoms with E-state index >= 15 is 0 Å². The number of methoxy groups -OCH3 is 2. The van der Waals surface area contributed by atoms with Gasteiger partial charge in [0.2, 0.25) is 5.96 Å². The van der Waals surface area contributed by atoms with E-state index in [9.17, 15) is 39.9 Å². The molecule has 0 saturated carbocycles. The maximum Gasteiger partial charge on any atom is 0.408 e. The van der Waals surface area contributed by atoms with Crippen LogP contribution >= 0.6 is 0 Å². The number of aliphatic carboxylic acids is 1. The number of rotatable bonds is 27. The Morgan fingerprint density at radius 2 is 1.21 bits per heavy atom. The molecule has 8 aromatic rings. The summed E-state index contributed by atoms with van der Waals surface area (Å²) in [4.78, 5) is 64.5. The van der Waals surface area contributed by atoms with Gasteiger partial charge in [-0.05, 0) is 104 Å². The topological polar surface area (TPSA) is 300 Å². The van der Waals surface area contributed by atoms with Crippen molar-refractivity contribution < 1.29 is 63.6 Å². The van der Waals surface area contributed by atoms with Gasteiger partial charge >= 0.3 is 18.1 Å². The molecule has 3 aliphatic rings. The number of hydrogen-bond donors (Lipinski definition) is 8. The second-order valence-corrected chi connectivity index (χ2v) is 25.2. The van der Waals surface area contributed by atoms with Gasteiger partial charge < -0.3 is 75.0 Å². The van der Waals surface area contributed by atoms with Crippen LogP contribution in [0.3, 0.4) is 0 Å². The molecule has 24 nitrogen and oxygen atoms in total. The largest absolute Gasteiger partial charge is 0.497 e. The molecule has 0 spiro atoms. The minimum absolute atomic E-state index is 0.0120. The predicted octanol–water partition coefficient (Wildman–Crippen LogP) is 7.81. The van der Waals surface area contributed by atoms with Crippen molar-refractivity contribution in [1.29, 1.82) is 0 Å². The number of carbonyl (C=O) groups excluding carboxylic acids is 2. The maximum atomic E-state index is 14.4. The smallest absolute Gasteiger partial charge is 0.408 e. The minimum Gasteiger partial charge on any atom is -0.497 e. The molecule has 0 unspecified atom stereocenters. The highest BCUT2D eigenvalue weighted by molar-refractivity contribution is 5.96. The summed E-state index contributed by atoms with van der Waals surface area (Å²) in [5, 5.41) is 65.3. The lowest BCUT2D eigenvalue weighted by atomic mass is 9.77. The van der Waals surface area contributed by atoms with Crippen LogP contribution in [0, 0.1) is 0 Å². The van der Waals surface area contributed by atoms with E-state index in [1.54, 1.807) is 39.6 Å². The number of fused-ring (bicyclic) bond motifs is 1. The molecule has 11 rings (SSSR count). The molecule has 8 N–H and O–H groups in total. The molecule has 3 aliphatic heterocycles. The number of aliphatic hydroxyl groups is 4. The van der Waals surface area contributed by atoms with Gasteiger partial charge in [-0.15, -0.1) is 0 Å². The van der Waals surface area contributed by atoms with E-state index in [1.807, 2.05) is 180 Å². The molecule has 6 aromatic carbocycles. The molecule has 2 saturated heterocycles. The van der Waals surface area contributed by atoms with Crippen LogP contribution in [0.25, 0.3) is 11.2 Å². The number of carboxylic acids is 1. The number of guanidine groups is 1. The van der Waals surface area contributed by atoms with E-state index < -0.39 is 90.4 Å². The second-order valence-electron chi connectivity index (χ2n) is 25.2. The highest BCUT2D eigenvalue weighted by Crippen LogP contribution is 2.43. The van der Waals surface area contributed by atoms with Crippen LogP contribution in [0.1, 0.15) is 92.5 Å². The number of carboxylic acid groups (broad SMARTS) is 1. The van der Waals surface area contributed by atoms with Crippen molar-refractivity contribution in [2.24, 2.45) is 4.99 Å². The fourth-order valence-corrected chi connectivity index (χ4v) is 12.9. The van der Waals surface area contributed by atoms with Crippen LogP contribution in [-0.2, 0) is 30.1 Å². The van der Waals surface area contributed by atoms with Gasteiger partial charge in [-0.1, -0.05) is 152 Å². The van der Waals surface area contributed by atoms with E-state index in [1.165, 1.54) is 17.6 Å². The number of anilines is 1. The number of amides is 3. The molecule has 504 valence electrons. The molecule has 8 atom stereocenters. The zero-order valence-electron chi connectivity index (χ0n) is 54.3. The Bertz CT molecular complexity index is 3830. The number of imidazole rings is 1. The van der Waals surface area contributed by atoms with Crippen molar-refractivity contribution in [3.05, 3.63) is 216 Å². The summed E-state index contributed by atoms with van der Waals surface area (Å²) in [5.74, 6) is 0.714. The van der Waals surface area contributed by atoms with E-state index in [2.05, 4.69) is 20.9 Å². The van der Waals surface area contributed by atoms with Crippen LogP contribution in [0.5, 0.6) is 11.5 Å². The number of nitrogens with zero attached hydrogens (tertiary/aromatic N) is 8. The fraction of sp³-hybridized carbons (Fsp3) is 0.375. The van der Waals surface area contributed by atoms with Gasteiger partial charge in [-0.25, -0.2) is 29.3 Å². The lowest BCUT2D eigenvalue weighted by Crippen LogP contribution is -2.60. The minimum atomic E-state index is -1.48. The number of hydrogen-bond acceptors (Lipinski definition) is 19. The molecular weight excluding hydrogens is 1230 g/mol. The first-order valence-electron chi connectivity index (χ1n) is 32.2. The molecule has 24 heteroatoms. The summed E-state index contributed by atoms with van der Waals surface area (Å²) >= 11 is 0. The van der Waals surface area contributed by atoms with Gasteiger partial charge in [-0.2, -0.15) is 4.99 Å². The number of aliphatic hydroxyl groups excluding tert-OH is 4. The van der Waals surface area contributed by atoms with Gasteiger partial charge in [0.15, 0.2) is 23.2 Å². The van der Waals surface area contributed by atoms with Crippen molar-refractivity contribution in [2.45, 2.75) is 119 Å². The quantitative estimate of drug-likeness (QED) is 0.0180. The number of carbonyl (C=O) groups is 3. The van der Waals surface area contributed by atoms with Crippen LogP contribution in [0.15, 0.2) is 188 Å². The standard InChI is InChI=1S/C72H83N11O13/c1-70(2,3)96-69(91)76-55(66(88)89)37-40-80(42-57-61(86)62(87)65(95-57)82-45-75-60-63(73-44-74-64(60)82)78-71(47-21-11-6-12-22-47,48-23-13-7-14-24-48)51-29-33-53(92-4)34-30-51)38-19-10-20-39-81-46-83(59-41-56(85)58(43-84)94-59)68(90)77-67(81)79-72(49-25-15-8-16-26-49,50-27-17-9-18-28-50)52-31-35-54(93-5)36-32-52/h6-9,11-18,21-36,44-45,55-59,61-62,65,84-87H,10,19-20,37-43,46H2,1-5H3,(H,76,91)(H,88,89)(H,73,74,78)(H,77,79,90)/t55-,56-,57+,58+,59+,61+,62+,65+/m0/s1. The maximum absolute atomic E-state index is 14.4. The Morgan fingerprint density at radius 3 is 1.72 bits per heavy atom. The van der Waals surface area contributed by atoms with Crippen LogP contribution < -0.4 is 25.4 Å². The highest BCUT2D eigenvalue weighted by atomic mass is 16.6. The average molecular weight is 1310 g/mol. The molecular formula is C72H83N11O13. The third-order valence-corrected chi connectivity index (χ3v) is 17.8. The molecule has 3 amide bonds. The molecule has 0 radical (unpaired) electrons. The number of aliphatic imine (C=N–C) groups is 1. The first kappa shape index (κ1) is 67.9. The monoisotopic (exact) mass is 1310 g/mol. The average Bonchev–Trinajstić information content (AvgIpc) is 1.02. The van der Waals surface area contributed by atoms with Gasteiger partial charge in [0, 0.05) is 26.1 Å². The van der Waals surface area contributed by atoms with Crippen LogP contribution in [0.2, 0.25) is 0 Å². The number of unbranched alkanes of at least 4 members (excludes halogenated alkanes) is 2. The summed E-state index contributed by atoms with van der Waals surface area (Å²) in [5.41, 5.74) is 2.86. The SMILES string of the molecule is COc1ccc(C(NC2=NC(=O)N([C@H]3C[C@H](O)[C@@H](CO)O3)CN2CCCCCN(CC[C@H](NC(=O)OC(C)(C)C)C(=O)O)C[C@H]2O[C@@H](n3cnc4c(NC(c5ccccc5)(c5ccccc5)c5ccc(OC)cc5)ncnc43)[C@H](O)[C@@H]2O)(c2ccccc2)c2ccccc2)cc1. The molecule has 0 bridgehead atoms. The first-order valence-corrected chi connectivity index (χ1v) is 32.2. The summed E-state index contributed by atoms with van der Waals surface area (Å²) in [7, 11) is 3.22. The lowest BCUT2D eigenvalue weighted by molar-refractivity contribution is -0.139. The predicted molar refractivity (Wildman–Crippen MR) is 358 cm³/mol. The summed E-state index contributed by atoms with van der Waals surface area (Å²) in [6, 6.07) is 53.2. The number of benzene rings is 6. The van der Waals surface area contributed by atoms with Crippen LogP contribution in [0.4, 0.5) is 15.4 Å². The number of ether oxygens (including phenoxy) is 5. The van der Waals surface area contributed by atoms with Crippen molar-refractivity contribution in [2.75, 3.05) is 59.0 Å². The van der Waals surface area contributed by atoms with E-state index in [-0.39, 0.29) is 38.6 Å². The molecule has 2 aromatic heterocycles. The van der Waals surface area contributed by atoms with Crippen molar-refractivity contribution in [3.8, 4) is 11.5 Å². The van der Waals surface area contributed by atoms with Crippen molar-refractivity contribution in [1.82, 2.24) is 44.9 Å². The van der Waals surface area contributed by atoms with E-state index in [0.717, 1.165) is 33.4 Å². The number of urea groups is 1. The van der Waals surface area contributed by atoms with Gasteiger partial charge in [0.05, 0.1) is 33.3 Å². The van der Waals surface area contributed by atoms with Gasteiger partial charge in [-0.3, -0.25) is 9.47 Å². The third-order valence-electron chi connectivity index (χ3n) is 17.8. The van der Waals surface area contributed by atoms with E-state index in [4.69, 9.17) is 38.6 Å². The fourth-order valence-electron chi connectivity index (χ4n) is 12.9. The molecule has 2 fully saturated rings. The Morgan fingerprint density at radius 1 is 0.667 bits per heavy atom. The second kappa shape index (κ2) is 30.0. The van der Waals surface area contributed by atoms with Crippen LogP contribution in [-0.4, -0.2) is 186 Å². The third kappa shape index (κ3) is 14.8. The highest BCUT2D eigenvalue weighted by Gasteiger charge is 2.47. The Hall–Kier alpha value is -9.53. The molecule has 96 heavy (non-hydrogen) atoms. The zero-order valence-corrected chi connectivity index (χ0v) is 54.3. The Labute approximate surface area is 557 Å². The summed E-state index contributed by atoms with van der Waals surface area (Å²) < 4.78 is 30.8. The Balaban J connectivity index is 0.854. The number of nitrogens with one attached hydrogen (secondary N) is 3. The Kier molecular flexibility index (Phi) is 21.2. The van der Waals surface area contributed by atoms with Crippen molar-refractivity contribution in [3.63, 3.8) is 0 Å². The number of alkyl carbamates (subject to hydrolysis) is 1. The molecule has 0 aliphatic carbocycles. The normalized spacial score (nSPS) is 20.2. The summed E-state index contributed by atoms with van der Waals surface area (Å²) in [6.07, 6.45) is -4.23. The summed E-state index contributed by atoms with van der Waals surface area (Å²) in [6.45, 7) is 5.46. The zero-order chi connectivity index (χ0) is 67.6. The number of aromatic nitrogens is 4. The van der Waals surface area contributed by atoms with E-state index in [0.29, 0.717) is 60.8 Å². The van der Waals surface area contributed by atoms with Gasteiger partial charge in [0.1, 0.15) is 77.9 Å². The molecule has 5 heterocycles.